The number of halogens is 4. The van der Waals surface area contributed by atoms with Crippen LogP contribution in [0.2, 0.25) is 5.02 Å². The van der Waals surface area contributed by atoms with Gasteiger partial charge in [0.2, 0.25) is 5.88 Å². The van der Waals surface area contributed by atoms with Crippen LogP contribution in [0.15, 0.2) is 12.3 Å². The van der Waals surface area contributed by atoms with E-state index in [2.05, 4.69) is 4.98 Å². The molecule has 0 fully saturated rings. The van der Waals surface area contributed by atoms with Gasteiger partial charge in [-0.05, 0) is 13.8 Å². The fourth-order valence-corrected chi connectivity index (χ4v) is 2.35. The summed E-state index contributed by atoms with van der Waals surface area (Å²) in [5.74, 6) is -0.846. The molecule has 0 saturated heterocycles. The van der Waals surface area contributed by atoms with Crippen molar-refractivity contribution in [2.24, 2.45) is 0 Å². The summed E-state index contributed by atoms with van der Waals surface area (Å²) in [4.78, 5) is 15.4. The van der Waals surface area contributed by atoms with Crippen molar-refractivity contribution in [3.8, 4) is 5.88 Å². The third-order valence-corrected chi connectivity index (χ3v) is 4.09. The van der Waals surface area contributed by atoms with Crippen LogP contribution in [0.3, 0.4) is 0 Å². The van der Waals surface area contributed by atoms with Crippen molar-refractivity contribution in [2.75, 3.05) is 13.2 Å². The molecule has 1 aromatic heterocycles. The lowest BCUT2D eigenvalue weighted by Gasteiger charge is -2.16. The number of nitrogens with zero attached hydrogens (tertiary/aromatic N) is 1. The maximum Gasteiger partial charge on any atom is 0.511 e. The Kier molecular flexibility index (Phi) is 6.81. The first kappa shape index (κ1) is 20.5. The first-order valence-corrected chi connectivity index (χ1v) is 8.38. The third-order valence-electron chi connectivity index (χ3n) is 2.47. The van der Waals surface area contributed by atoms with Gasteiger partial charge in [0.25, 0.3) is 0 Å². The van der Waals surface area contributed by atoms with Gasteiger partial charge in [0.1, 0.15) is 6.61 Å². The summed E-state index contributed by atoms with van der Waals surface area (Å²) in [6, 6.07) is -0.0502. The van der Waals surface area contributed by atoms with E-state index in [1.807, 2.05) is 0 Å². The molecule has 0 aliphatic heterocycles. The van der Waals surface area contributed by atoms with Gasteiger partial charge in [0, 0.05) is 6.07 Å². The predicted molar refractivity (Wildman–Crippen MR) is 78.3 cm³/mol. The summed E-state index contributed by atoms with van der Waals surface area (Å²) < 4.78 is 69.9. The topological polar surface area (TPSA) is 94.6 Å². The number of esters is 1. The molecular weight excluding hydrogens is 377 g/mol. The van der Waals surface area contributed by atoms with Gasteiger partial charge in [-0.15, -0.1) is 0 Å². The van der Waals surface area contributed by atoms with Gasteiger partial charge in [-0.3, -0.25) is 0 Å². The summed E-state index contributed by atoms with van der Waals surface area (Å²) in [7, 11) is -5.48. The monoisotopic (exact) mass is 390 g/mol. The Hall–Kier alpha value is -1.59. The van der Waals surface area contributed by atoms with Gasteiger partial charge in [-0.1, -0.05) is 11.6 Å². The van der Waals surface area contributed by atoms with Crippen LogP contribution >= 0.6 is 11.6 Å². The lowest BCUT2D eigenvalue weighted by Crippen LogP contribution is -2.43. The van der Waals surface area contributed by atoms with Crippen molar-refractivity contribution >= 4 is 27.6 Å². The third kappa shape index (κ3) is 5.49. The first-order chi connectivity index (χ1) is 11.0. The average molecular weight is 391 g/mol. The zero-order chi connectivity index (χ0) is 18.5. The Morgan fingerprint density at radius 3 is 2.62 bits per heavy atom. The molecule has 7 nitrogen and oxygen atoms in total. The van der Waals surface area contributed by atoms with Gasteiger partial charge >= 0.3 is 21.5 Å². The van der Waals surface area contributed by atoms with Crippen LogP contribution < -0.4 is 9.46 Å². The number of ether oxygens (including phenoxy) is 2. The maximum atomic E-state index is 12.2. The van der Waals surface area contributed by atoms with Crippen LogP contribution in [0.5, 0.6) is 5.88 Å². The number of rotatable bonds is 7. The quantitative estimate of drug-likeness (QED) is 0.717. The van der Waals surface area contributed by atoms with E-state index >= 15 is 0 Å². The largest absolute Gasteiger partial charge is 0.511 e. The van der Waals surface area contributed by atoms with Crippen molar-refractivity contribution in [3.63, 3.8) is 0 Å². The highest BCUT2D eigenvalue weighted by atomic mass is 35.5. The molecular formula is C12H14ClF3N2O5S. The number of carbonyl (C=O) groups excluding carboxylic acids is 1. The second-order valence-corrected chi connectivity index (χ2v) is 6.61. The molecule has 0 amide bonds. The Bertz CT molecular complexity index is 696. The van der Waals surface area contributed by atoms with Crippen molar-refractivity contribution in [1.29, 1.82) is 0 Å². The van der Waals surface area contributed by atoms with Gasteiger partial charge in [-0.2, -0.15) is 13.2 Å². The summed E-state index contributed by atoms with van der Waals surface area (Å²) >= 11 is 5.79. The lowest BCUT2D eigenvalue weighted by atomic mass is 10.2. The summed E-state index contributed by atoms with van der Waals surface area (Å²) in [5, 5.41) is 0.00613. The number of nitrogens with one attached hydrogen (secondary N) is 1. The van der Waals surface area contributed by atoms with E-state index in [9.17, 15) is 26.4 Å². The van der Waals surface area contributed by atoms with Crippen molar-refractivity contribution < 1.29 is 35.9 Å². The van der Waals surface area contributed by atoms with Crippen LogP contribution in [0.4, 0.5) is 13.2 Å². The first-order valence-electron chi connectivity index (χ1n) is 6.52. The molecule has 0 bridgehead atoms. The van der Waals surface area contributed by atoms with Crippen LogP contribution in [0.25, 0.3) is 0 Å². The van der Waals surface area contributed by atoms with Crippen LogP contribution in [-0.2, 0) is 14.8 Å². The van der Waals surface area contributed by atoms with E-state index in [1.54, 1.807) is 6.92 Å². The Balaban J connectivity index is 2.74. The molecule has 0 unspecified atom stereocenters. The maximum absolute atomic E-state index is 12.2. The Labute approximate surface area is 141 Å². The summed E-state index contributed by atoms with van der Waals surface area (Å²) in [6.45, 7) is 2.43. The van der Waals surface area contributed by atoms with E-state index in [4.69, 9.17) is 21.1 Å². The molecule has 1 aromatic rings. The molecule has 1 N–H and O–H groups in total. The molecule has 0 aliphatic rings. The molecule has 1 heterocycles. The average Bonchev–Trinajstić information content (AvgIpc) is 2.45. The van der Waals surface area contributed by atoms with Crippen molar-refractivity contribution in [2.45, 2.75) is 25.4 Å². The molecule has 0 aliphatic carbocycles. The number of hydrogen-bond acceptors (Lipinski definition) is 6. The fourth-order valence-electron chi connectivity index (χ4n) is 1.44. The second-order valence-electron chi connectivity index (χ2n) is 4.50. The van der Waals surface area contributed by atoms with Crippen molar-refractivity contribution in [1.82, 2.24) is 9.71 Å². The van der Waals surface area contributed by atoms with E-state index in [1.165, 1.54) is 11.6 Å². The number of sulfonamides is 1. The second kappa shape index (κ2) is 7.99. The number of pyridine rings is 1. The minimum Gasteiger partial charge on any atom is -0.476 e. The van der Waals surface area contributed by atoms with Crippen LogP contribution in [-0.4, -0.2) is 44.1 Å². The lowest BCUT2D eigenvalue weighted by molar-refractivity contribution is -0.0451. The minimum absolute atomic E-state index is 0.00613. The molecule has 24 heavy (non-hydrogen) atoms. The summed E-state index contributed by atoms with van der Waals surface area (Å²) in [5.41, 5.74) is -5.45. The van der Waals surface area contributed by atoms with Gasteiger partial charge in [-0.25, -0.2) is 22.9 Å². The fraction of sp³-hybridized carbons (Fsp3) is 0.500. The highest BCUT2D eigenvalue weighted by Crippen LogP contribution is 2.23. The van der Waals surface area contributed by atoms with Gasteiger partial charge in [0.15, 0.2) is 0 Å². The van der Waals surface area contributed by atoms with E-state index < -0.39 is 34.1 Å². The molecule has 0 radical (unpaired) electrons. The minimum atomic E-state index is -5.48. The highest BCUT2D eigenvalue weighted by molar-refractivity contribution is 7.90. The van der Waals surface area contributed by atoms with Crippen molar-refractivity contribution in [3.05, 3.63) is 22.8 Å². The molecule has 0 saturated carbocycles. The normalized spacial score (nSPS) is 13.4. The Morgan fingerprint density at radius 1 is 1.46 bits per heavy atom. The predicted octanol–water partition coefficient (Wildman–Crippen LogP) is 2.12. The van der Waals surface area contributed by atoms with Gasteiger partial charge < -0.3 is 9.47 Å². The standard InChI is InChI=1S/C12H14ClF3N2O5S/c1-3-22-11(19)8-4-10(17-5-9(8)13)23-6-7(2)18-24(20,21)12(14,15)16/h4-5,7,18H,3,6H2,1-2H3/t7-/m0/s1. The molecule has 1 rings (SSSR count). The number of carbonyl (C=O) groups is 1. The smallest absolute Gasteiger partial charge is 0.476 e. The van der Waals surface area contributed by atoms with E-state index in [-0.39, 0.29) is 23.1 Å². The van der Waals surface area contributed by atoms with Crippen LogP contribution in [0, 0.1) is 0 Å². The molecule has 0 spiro atoms. The number of hydrogen-bond donors (Lipinski definition) is 1. The number of alkyl halides is 3. The Morgan fingerprint density at radius 2 is 2.08 bits per heavy atom. The molecule has 0 aromatic carbocycles. The zero-order valence-electron chi connectivity index (χ0n) is 12.6. The molecule has 136 valence electrons. The molecule has 12 heteroatoms. The number of aromatic nitrogens is 1. The highest BCUT2D eigenvalue weighted by Gasteiger charge is 2.46. The van der Waals surface area contributed by atoms with Gasteiger partial charge in [0.05, 0.1) is 29.4 Å². The van der Waals surface area contributed by atoms with Crippen LogP contribution in [0.1, 0.15) is 24.2 Å². The van der Waals surface area contributed by atoms with E-state index in [0.29, 0.717) is 0 Å². The zero-order valence-corrected chi connectivity index (χ0v) is 14.1. The SMILES string of the molecule is CCOC(=O)c1cc(OC[C@H](C)NS(=O)(=O)C(F)(F)F)ncc1Cl. The van der Waals surface area contributed by atoms with E-state index in [0.717, 1.165) is 12.3 Å². The summed E-state index contributed by atoms with van der Waals surface area (Å²) in [6.07, 6.45) is 1.10. The molecule has 1 atom stereocenters.